The summed E-state index contributed by atoms with van der Waals surface area (Å²) in [5.74, 6) is 1.28. The Bertz CT molecular complexity index is 743. The van der Waals surface area contributed by atoms with Crippen LogP contribution in [0, 0.1) is 6.92 Å². The van der Waals surface area contributed by atoms with Gasteiger partial charge in [-0.25, -0.2) is 0 Å². The minimum atomic E-state index is -0.418. The molecule has 0 aliphatic carbocycles. The predicted octanol–water partition coefficient (Wildman–Crippen LogP) is 1.47. The fraction of sp³-hybridized carbons (Fsp3) is 0.471. The molecule has 0 spiro atoms. The number of benzene rings is 1. The number of carbonyl (C=O) groups is 2. The van der Waals surface area contributed by atoms with Crippen molar-refractivity contribution in [1.29, 1.82) is 0 Å². The molecule has 0 saturated carbocycles. The van der Waals surface area contributed by atoms with Crippen LogP contribution in [0.3, 0.4) is 0 Å². The molecule has 1 fully saturated rings. The van der Waals surface area contributed by atoms with Gasteiger partial charge in [-0.3, -0.25) is 14.3 Å². The zero-order valence-corrected chi connectivity index (χ0v) is 14.6. The van der Waals surface area contributed by atoms with Gasteiger partial charge in [-0.1, -0.05) is 12.1 Å². The number of carbonyl (C=O) groups excluding carboxylic acids is 2. The Balaban J connectivity index is 1.48. The van der Waals surface area contributed by atoms with Crippen LogP contribution in [-0.2, 0) is 16.1 Å². The molecule has 2 N–H and O–H groups in total. The van der Waals surface area contributed by atoms with E-state index in [1.807, 2.05) is 16.9 Å². The molecule has 2 amide bonds. The second-order valence-corrected chi connectivity index (χ2v) is 7.11. The maximum atomic E-state index is 12.2. The van der Waals surface area contributed by atoms with E-state index in [0.717, 1.165) is 24.2 Å². The van der Waals surface area contributed by atoms with Crippen molar-refractivity contribution in [3.8, 4) is 0 Å². The van der Waals surface area contributed by atoms with E-state index in [2.05, 4.69) is 34.8 Å². The standard InChI is InChI=1S/C17H22N4O2S/c1-12-4-2-5-15-13(12)10-19-21(15)8-3-7-18-17(23)14-11-24-9-6-16(22)20-14/h2,4-5,10,14H,3,6-9,11H2,1H3,(H,18,23)(H,20,22). The molecule has 6 nitrogen and oxygen atoms in total. The van der Waals surface area contributed by atoms with Crippen molar-refractivity contribution < 1.29 is 9.59 Å². The van der Waals surface area contributed by atoms with Gasteiger partial charge in [0.2, 0.25) is 11.8 Å². The van der Waals surface area contributed by atoms with Crippen LogP contribution in [-0.4, -0.2) is 45.7 Å². The summed E-state index contributed by atoms with van der Waals surface area (Å²) in [6.07, 6.45) is 3.17. The third-order valence-electron chi connectivity index (χ3n) is 4.16. The Labute approximate surface area is 145 Å². The Morgan fingerprint density at radius 1 is 1.50 bits per heavy atom. The van der Waals surface area contributed by atoms with E-state index in [9.17, 15) is 9.59 Å². The third-order valence-corrected chi connectivity index (χ3v) is 5.22. The summed E-state index contributed by atoms with van der Waals surface area (Å²) < 4.78 is 1.97. The second kappa shape index (κ2) is 7.70. The number of fused-ring (bicyclic) bond motifs is 1. The molecule has 24 heavy (non-hydrogen) atoms. The molecule has 1 saturated heterocycles. The first-order valence-electron chi connectivity index (χ1n) is 8.21. The van der Waals surface area contributed by atoms with Gasteiger partial charge in [0.15, 0.2) is 0 Å². The number of amides is 2. The largest absolute Gasteiger partial charge is 0.354 e. The highest BCUT2D eigenvalue weighted by Gasteiger charge is 2.22. The smallest absolute Gasteiger partial charge is 0.243 e. The highest BCUT2D eigenvalue weighted by Crippen LogP contribution is 2.17. The van der Waals surface area contributed by atoms with E-state index in [-0.39, 0.29) is 11.8 Å². The van der Waals surface area contributed by atoms with E-state index in [1.54, 1.807) is 11.8 Å². The number of thioether (sulfide) groups is 1. The van der Waals surface area contributed by atoms with E-state index < -0.39 is 6.04 Å². The summed E-state index contributed by atoms with van der Waals surface area (Å²) in [7, 11) is 0. The fourth-order valence-corrected chi connectivity index (χ4v) is 3.77. The molecule has 0 bridgehead atoms. The van der Waals surface area contributed by atoms with Crippen LogP contribution in [0.25, 0.3) is 10.9 Å². The monoisotopic (exact) mass is 346 g/mol. The van der Waals surface area contributed by atoms with Gasteiger partial charge in [0.05, 0.1) is 11.7 Å². The van der Waals surface area contributed by atoms with Gasteiger partial charge in [-0.2, -0.15) is 16.9 Å². The average Bonchev–Trinajstić information content (AvgIpc) is 2.86. The van der Waals surface area contributed by atoms with Gasteiger partial charge in [-0.15, -0.1) is 0 Å². The molecule has 1 aromatic carbocycles. The van der Waals surface area contributed by atoms with Crippen molar-refractivity contribution in [2.24, 2.45) is 0 Å². The lowest BCUT2D eigenvalue weighted by atomic mass is 10.1. The number of nitrogens with one attached hydrogen (secondary N) is 2. The molecule has 3 rings (SSSR count). The van der Waals surface area contributed by atoms with Crippen LogP contribution < -0.4 is 10.6 Å². The third kappa shape index (κ3) is 3.90. The van der Waals surface area contributed by atoms with Gasteiger partial charge in [-0.05, 0) is 25.0 Å². The molecule has 1 atom stereocenters. The lowest BCUT2D eigenvalue weighted by Gasteiger charge is -2.15. The molecule has 2 aromatic rings. The molecular formula is C17H22N4O2S. The second-order valence-electron chi connectivity index (χ2n) is 5.97. The number of aromatic nitrogens is 2. The molecule has 1 aliphatic heterocycles. The Morgan fingerprint density at radius 2 is 2.38 bits per heavy atom. The fourth-order valence-electron chi connectivity index (χ4n) is 2.81. The van der Waals surface area contributed by atoms with Gasteiger partial charge in [0, 0.05) is 36.4 Å². The van der Waals surface area contributed by atoms with Gasteiger partial charge in [0.25, 0.3) is 0 Å². The Hall–Kier alpha value is -2.02. The molecule has 1 unspecified atom stereocenters. The highest BCUT2D eigenvalue weighted by molar-refractivity contribution is 7.99. The summed E-state index contributed by atoms with van der Waals surface area (Å²) >= 11 is 1.64. The van der Waals surface area contributed by atoms with Crippen LogP contribution in [0.15, 0.2) is 24.4 Å². The Morgan fingerprint density at radius 3 is 3.25 bits per heavy atom. The Kier molecular flexibility index (Phi) is 5.40. The normalized spacial score (nSPS) is 18.2. The van der Waals surface area contributed by atoms with Crippen molar-refractivity contribution in [3.63, 3.8) is 0 Å². The first-order valence-corrected chi connectivity index (χ1v) is 9.36. The van der Waals surface area contributed by atoms with Crippen molar-refractivity contribution >= 4 is 34.5 Å². The molecule has 2 heterocycles. The van der Waals surface area contributed by atoms with E-state index in [0.29, 0.717) is 18.7 Å². The quantitative estimate of drug-likeness (QED) is 0.804. The van der Waals surface area contributed by atoms with Crippen molar-refractivity contribution in [2.45, 2.75) is 32.4 Å². The number of aryl methyl sites for hydroxylation is 2. The lowest BCUT2D eigenvalue weighted by Crippen LogP contribution is -2.47. The molecule has 1 aromatic heterocycles. The van der Waals surface area contributed by atoms with E-state index >= 15 is 0 Å². The zero-order valence-electron chi connectivity index (χ0n) is 13.7. The van der Waals surface area contributed by atoms with Crippen molar-refractivity contribution in [1.82, 2.24) is 20.4 Å². The number of hydrogen-bond acceptors (Lipinski definition) is 4. The van der Waals surface area contributed by atoms with Gasteiger partial charge < -0.3 is 10.6 Å². The zero-order chi connectivity index (χ0) is 16.9. The molecule has 1 aliphatic rings. The first kappa shape index (κ1) is 16.8. The number of rotatable bonds is 5. The highest BCUT2D eigenvalue weighted by atomic mass is 32.2. The SMILES string of the molecule is Cc1cccc2c1cnn2CCCNC(=O)C1CSCCC(=O)N1. The molecule has 7 heteroatoms. The summed E-state index contributed by atoms with van der Waals surface area (Å²) in [5.41, 5.74) is 2.34. The topological polar surface area (TPSA) is 76.0 Å². The minimum Gasteiger partial charge on any atom is -0.354 e. The van der Waals surface area contributed by atoms with Crippen LogP contribution in [0.2, 0.25) is 0 Å². The molecule has 128 valence electrons. The van der Waals surface area contributed by atoms with Crippen LogP contribution in [0.5, 0.6) is 0 Å². The van der Waals surface area contributed by atoms with E-state index in [4.69, 9.17) is 0 Å². The van der Waals surface area contributed by atoms with E-state index in [1.165, 1.54) is 10.9 Å². The van der Waals surface area contributed by atoms with Crippen molar-refractivity contribution in [2.75, 3.05) is 18.1 Å². The minimum absolute atomic E-state index is 0.0430. The van der Waals surface area contributed by atoms with Crippen LogP contribution in [0.1, 0.15) is 18.4 Å². The average molecular weight is 346 g/mol. The predicted molar refractivity (Wildman–Crippen MR) is 96.0 cm³/mol. The van der Waals surface area contributed by atoms with Crippen molar-refractivity contribution in [3.05, 3.63) is 30.0 Å². The first-order chi connectivity index (χ1) is 11.6. The number of hydrogen-bond donors (Lipinski definition) is 2. The van der Waals surface area contributed by atoms with Gasteiger partial charge >= 0.3 is 0 Å². The summed E-state index contributed by atoms with van der Waals surface area (Å²) in [6.45, 7) is 3.40. The van der Waals surface area contributed by atoms with Crippen LogP contribution in [0.4, 0.5) is 0 Å². The van der Waals surface area contributed by atoms with Gasteiger partial charge in [0.1, 0.15) is 6.04 Å². The summed E-state index contributed by atoms with van der Waals surface area (Å²) in [6, 6.07) is 5.75. The molecular weight excluding hydrogens is 324 g/mol. The van der Waals surface area contributed by atoms with Crippen LogP contribution >= 0.6 is 11.8 Å². The summed E-state index contributed by atoms with van der Waals surface area (Å²) in [5, 5.41) is 11.3. The number of nitrogens with zero attached hydrogens (tertiary/aromatic N) is 2. The lowest BCUT2D eigenvalue weighted by molar-refractivity contribution is -0.128. The molecule has 0 radical (unpaired) electrons. The summed E-state index contributed by atoms with van der Waals surface area (Å²) in [4.78, 5) is 23.7. The maximum absolute atomic E-state index is 12.2. The maximum Gasteiger partial charge on any atom is 0.243 e.